The zero-order valence-electron chi connectivity index (χ0n) is 11.6. The minimum atomic E-state index is -2.32. The van der Waals surface area contributed by atoms with Crippen LogP contribution in [0.5, 0.6) is 0 Å². The minimum absolute atomic E-state index is 0.140. The summed E-state index contributed by atoms with van der Waals surface area (Å²) in [5.74, 6) is -3.60. The largest absolute Gasteiger partial charge is 0.478 e. The Labute approximate surface area is 124 Å². The van der Waals surface area contributed by atoms with E-state index < -0.39 is 48.4 Å². The predicted molar refractivity (Wildman–Crippen MR) is 68.2 cm³/mol. The molecule has 0 aliphatic rings. The smallest absolute Gasteiger partial charge is 0.333 e. The van der Waals surface area contributed by atoms with Gasteiger partial charge in [0.25, 0.3) is 0 Å². The van der Waals surface area contributed by atoms with Gasteiger partial charge in [0.05, 0.1) is 0 Å². The Morgan fingerprint density at radius 2 is 1.50 bits per heavy atom. The van der Waals surface area contributed by atoms with E-state index in [2.05, 4.69) is 4.74 Å². The second-order valence-electron chi connectivity index (χ2n) is 4.24. The van der Waals surface area contributed by atoms with Gasteiger partial charge in [-0.3, -0.25) is 4.79 Å². The van der Waals surface area contributed by atoms with Crippen molar-refractivity contribution in [2.45, 2.75) is 44.1 Å². The predicted octanol–water partition coefficient (Wildman–Crippen LogP) is -3.09. The molecule has 6 N–H and O–H groups in total. The summed E-state index contributed by atoms with van der Waals surface area (Å²) in [5, 5.41) is 55.5. The number of rotatable bonds is 9. The van der Waals surface area contributed by atoms with Crippen LogP contribution in [0.3, 0.4) is 0 Å². The molecule has 5 atom stereocenters. The third kappa shape index (κ3) is 6.28. The summed E-state index contributed by atoms with van der Waals surface area (Å²) in [6.07, 6.45) is -10.2. The van der Waals surface area contributed by atoms with Crippen LogP contribution in [0.15, 0.2) is 12.2 Å². The van der Waals surface area contributed by atoms with E-state index in [0.717, 1.165) is 0 Å². The van der Waals surface area contributed by atoms with Crippen molar-refractivity contribution in [1.29, 1.82) is 0 Å². The summed E-state index contributed by atoms with van der Waals surface area (Å²) in [4.78, 5) is 32.4. The quantitative estimate of drug-likeness (QED) is 0.144. The zero-order chi connectivity index (χ0) is 17.4. The van der Waals surface area contributed by atoms with Crippen LogP contribution in [-0.4, -0.2) is 79.1 Å². The first-order valence-corrected chi connectivity index (χ1v) is 6.16. The number of ether oxygens (including phenoxy) is 1. The monoisotopic (exact) mass is 322 g/mol. The van der Waals surface area contributed by atoms with Crippen LogP contribution in [0, 0.1) is 0 Å². The molecular formula is C12H18O10. The molecule has 10 nitrogen and oxygen atoms in total. The molecule has 0 amide bonds. The molecule has 0 bridgehead atoms. The lowest BCUT2D eigenvalue weighted by molar-refractivity contribution is -0.209. The molecule has 0 rings (SSSR count). The summed E-state index contributed by atoms with van der Waals surface area (Å²) in [6, 6.07) is 0. The number of carbonyl (C=O) groups excluding carboxylic acids is 2. The summed E-state index contributed by atoms with van der Waals surface area (Å²) >= 11 is 0. The molecule has 0 radical (unpaired) electrons. The molecule has 1 unspecified atom stereocenters. The summed E-state index contributed by atoms with van der Waals surface area (Å²) in [6.45, 7) is 1.40. The van der Waals surface area contributed by atoms with E-state index in [1.54, 1.807) is 0 Å². The van der Waals surface area contributed by atoms with E-state index in [0.29, 0.717) is 12.2 Å². The van der Waals surface area contributed by atoms with Crippen molar-refractivity contribution in [1.82, 2.24) is 0 Å². The number of aliphatic hydroxyl groups is 5. The second kappa shape index (κ2) is 9.23. The van der Waals surface area contributed by atoms with E-state index in [1.807, 2.05) is 0 Å². The second-order valence-corrected chi connectivity index (χ2v) is 4.24. The number of aliphatic carboxylic acids is 1. The number of hydrogen-bond donors (Lipinski definition) is 6. The molecular weight excluding hydrogens is 304 g/mol. The molecule has 0 aromatic carbocycles. The van der Waals surface area contributed by atoms with Crippen LogP contribution in [0.1, 0.15) is 13.3 Å². The number of aliphatic hydroxyl groups excluding tert-OH is 5. The van der Waals surface area contributed by atoms with Crippen LogP contribution in [0.4, 0.5) is 0 Å². The van der Waals surface area contributed by atoms with Crippen molar-refractivity contribution in [2.75, 3.05) is 0 Å². The van der Waals surface area contributed by atoms with Crippen molar-refractivity contribution in [2.24, 2.45) is 0 Å². The highest BCUT2D eigenvalue weighted by molar-refractivity contribution is 5.90. The Balaban J connectivity index is 4.66. The molecule has 0 aromatic heterocycles. The van der Waals surface area contributed by atoms with E-state index in [1.165, 1.54) is 6.92 Å². The highest BCUT2D eigenvalue weighted by atomic mass is 16.6. The van der Waals surface area contributed by atoms with Crippen molar-refractivity contribution in [3.8, 4) is 0 Å². The summed E-state index contributed by atoms with van der Waals surface area (Å²) < 4.78 is 4.18. The van der Waals surface area contributed by atoms with Gasteiger partial charge in [0, 0.05) is 18.6 Å². The number of Topliss-reactive ketones (excluding diaryl/α,β-unsaturated/α-hetero) is 1. The van der Waals surface area contributed by atoms with Crippen molar-refractivity contribution in [3.05, 3.63) is 12.2 Å². The Bertz CT molecular complexity index is 432. The van der Waals surface area contributed by atoms with Gasteiger partial charge in [0.15, 0.2) is 5.78 Å². The van der Waals surface area contributed by atoms with E-state index in [-0.39, 0.29) is 6.42 Å². The molecule has 0 heterocycles. The molecule has 22 heavy (non-hydrogen) atoms. The molecule has 0 saturated heterocycles. The highest BCUT2D eigenvalue weighted by Gasteiger charge is 2.37. The van der Waals surface area contributed by atoms with Gasteiger partial charge in [-0.1, -0.05) is 6.92 Å². The van der Waals surface area contributed by atoms with Gasteiger partial charge in [0.1, 0.15) is 24.4 Å². The fourth-order valence-electron chi connectivity index (χ4n) is 1.32. The third-order valence-corrected chi connectivity index (χ3v) is 2.59. The SMILES string of the molecule is CCC(=O)[C@H](O)[C@@H](O)[C@H](O)[C@H](O)C(O)OC(=O)/C=C/C(=O)O. The standard InChI is InChI=1S/C12H18O10/c1-2-5(13)8(17)9(18)10(19)11(20)12(21)22-7(16)4-3-6(14)15/h3-4,8-12,17-21H,2H2,1H3,(H,14,15)/b4-3+/t8-,9+,10-,11-,12?/m0/s1. The number of carboxylic acids is 1. The molecule has 0 aromatic rings. The maximum Gasteiger partial charge on any atom is 0.333 e. The van der Waals surface area contributed by atoms with Crippen LogP contribution < -0.4 is 0 Å². The fraction of sp³-hybridized carbons (Fsp3) is 0.583. The molecule has 0 saturated carbocycles. The Morgan fingerprint density at radius 1 is 0.955 bits per heavy atom. The first-order valence-electron chi connectivity index (χ1n) is 6.16. The molecule has 0 aliphatic heterocycles. The lowest BCUT2D eigenvalue weighted by Gasteiger charge is -2.27. The fourth-order valence-corrected chi connectivity index (χ4v) is 1.32. The third-order valence-electron chi connectivity index (χ3n) is 2.59. The molecule has 0 spiro atoms. The number of carbonyl (C=O) groups is 3. The molecule has 0 aliphatic carbocycles. The van der Waals surface area contributed by atoms with Crippen LogP contribution >= 0.6 is 0 Å². The highest BCUT2D eigenvalue weighted by Crippen LogP contribution is 2.11. The van der Waals surface area contributed by atoms with Gasteiger partial charge in [0.2, 0.25) is 6.29 Å². The van der Waals surface area contributed by atoms with Crippen LogP contribution in [0.25, 0.3) is 0 Å². The van der Waals surface area contributed by atoms with Crippen molar-refractivity contribution < 1.29 is 49.8 Å². The first kappa shape index (κ1) is 20.1. The number of hydrogen-bond acceptors (Lipinski definition) is 9. The van der Waals surface area contributed by atoms with Gasteiger partial charge in [-0.2, -0.15) is 0 Å². The van der Waals surface area contributed by atoms with Crippen LogP contribution in [-0.2, 0) is 19.1 Å². The summed E-state index contributed by atoms with van der Waals surface area (Å²) in [7, 11) is 0. The average molecular weight is 322 g/mol. The number of esters is 1. The van der Waals surface area contributed by atoms with Crippen LogP contribution in [0.2, 0.25) is 0 Å². The maximum atomic E-state index is 11.2. The summed E-state index contributed by atoms with van der Waals surface area (Å²) in [5.41, 5.74) is 0. The van der Waals surface area contributed by atoms with E-state index in [9.17, 15) is 39.9 Å². The Morgan fingerprint density at radius 3 is 1.95 bits per heavy atom. The van der Waals surface area contributed by atoms with Gasteiger partial charge >= 0.3 is 11.9 Å². The van der Waals surface area contributed by atoms with Crippen molar-refractivity contribution in [3.63, 3.8) is 0 Å². The molecule has 10 heteroatoms. The minimum Gasteiger partial charge on any atom is -0.478 e. The first-order chi connectivity index (χ1) is 10.1. The van der Waals surface area contributed by atoms with Gasteiger partial charge in [-0.25, -0.2) is 9.59 Å². The number of ketones is 1. The molecule has 0 fully saturated rings. The zero-order valence-corrected chi connectivity index (χ0v) is 11.6. The van der Waals surface area contributed by atoms with Gasteiger partial charge in [-0.15, -0.1) is 0 Å². The lowest BCUT2D eigenvalue weighted by Crippen LogP contribution is -2.51. The lowest BCUT2D eigenvalue weighted by atomic mass is 9.99. The number of carboxylic acid groups (broad SMARTS) is 1. The normalized spacial score (nSPS) is 18.3. The maximum absolute atomic E-state index is 11.2. The Kier molecular flexibility index (Phi) is 8.45. The van der Waals surface area contributed by atoms with Gasteiger partial charge < -0.3 is 35.4 Å². The van der Waals surface area contributed by atoms with E-state index >= 15 is 0 Å². The molecule has 126 valence electrons. The Hall–Kier alpha value is -1.85. The van der Waals surface area contributed by atoms with Crippen molar-refractivity contribution >= 4 is 17.7 Å². The topological polar surface area (TPSA) is 182 Å². The van der Waals surface area contributed by atoms with E-state index in [4.69, 9.17) is 5.11 Å². The average Bonchev–Trinajstić information content (AvgIpc) is 2.48. The van der Waals surface area contributed by atoms with Gasteiger partial charge in [-0.05, 0) is 0 Å².